The van der Waals surface area contributed by atoms with Crippen molar-refractivity contribution in [1.29, 1.82) is 0 Å². The first-order valence-electron chi connectivity index (χ1n) is 6.17. The van der Waals surface area contributed by atoms with Gasteiger partial charge in [0.15, 0.2) is 4.90 Å². The summed E-state index contributed by atoms with van der Waals surface area (Å²) in [6.45, 7) is 4.76. The summed E-state index contributed by atoms with van der Waals surface area (Å²) in [5.74, 6) is 0.493. The van der Waals surface area contributed by atoms with E-state index in [0.29, 0.717) is 17.6 Å². The number of halogens is 1. The van der Waals surface area contributed by atoms with Gasteiger partial charge in [-0.25, -0.2) is 8.42 Å². The average molecular weight is 363 g/mol. The topological polar surface area (TPSA) is 80.5 Å². The van der Waals surface area contributed by atoms with Gasteiger partial charge in [0.1, 0.15) is 0 Å². The first-order chi connectivity index (χ1) is 9.23. The van der Waals surface area contributed by atoms with Crippen molar-refractivity contribution >= 4 is 31.6 Å². The number of rotatable bonds is 3. The highest BCUT2D eigenvalue weighted by atomic mass is 79.9. The number of benzene rings is 1. The quantitative estimate of drug-likeness (QED) is 0.611. The van der Waals surface area contributed by atoms with Crippen LogP contribution in [0.1, 0.15) is 13.8 Å². The Balaban J connectivity index is 2.50. The minimum atomic E-state index is -3.84. The van der Waals surface area contributed by atoms with Gasteiger partial charge < -0.3 is 0 Å². The van der Waals surface area contributed by atoms with Gasteiger partial charge in [-0.1, -0.05) is 29.8 Å². The molecule has 0 spiro atoms. The molecule has 20 heavy (non-hydrogen) atoms. The lowest BCUT2D eigenvalue weighted by Gasteiger charge is -2.16. The van der Waals surface area contributed by atoms with E-state index in [0.717, 1.165) is 0 Å². The van der Waals surface area contributed by atoms with E-state index in [4.69, 9.17) is 0 Å². The van der Waals surface area contributed by atoms with Crippen LogP contribution in [0.5, 0.6) is 0 Å². The molecule has 2 atom stereocenters. The lowest BCUT2D eigenvalue weighted by molar-refractivity contribution is -0.387. The molecule has 1 aliphatic rings. The highest BCUT2D eigenvalue weighted by Gasteiger charge is 2.38. The Kier molecular flexibility index (Phi) is 4.17. The third kappa shape index (κ3) is 2.72. The third-order valence-corrected chi connectivity index (χ3v) is 6.05. The Bertz CT molecular complexity index is 637. The second-order valence-electron chi connectivity index (χ2n) is 5.15. The van der Waals surface area contributed by atoms with Crippen molar-refractivity contribution in [3.05, 3.63) is 32.8 Å². The maximum Gasteiger partial charge on any atom is 0.289 e. The van der Waals surface area contributed by atoms with Crippen LogP contribution in [0.2, 0.25) is 0 Å². The molecule has 6 nitrogen and oxygen atoms in total. The fourth-order valence-electron chi connectivity index (χ4n) is 2.26. The summed E-state index contributed by atoms with van der Waals surface area (Å²) < 4.78 is 27.0. The molecule has 8 heteroatoms. The Labute approximate surface area is 126 Å². The molecule has 0 amide bonds. The Morgan fingerprint density at radius 1 is 1.30 bits per heavy atom. The van der Waals surface area contributed by atoms with Crippen LogP contribution < -0.4 is 0 Å². The molecule has 1 saturated heterocycles. The molecule has 1 aromatic carbocycles. The van der Waals surface area contributed by atoms with E-state index in [-0.39, 0.29) is 22.4 Å². The van der Waals surface area contributed by atoms with Crippen molar-refractivity contribution in [3.63, 3.8) is 0 Å². The van der Waals surface area contributed by atoms with Crippen molar-refractivity contribution < 1.29 is 13.3 Å². The average Bonchev–Trinajstić information content (AvgIpc) is 2.70. The van der Waals surface area contributed by atoms with Gasteiger partial charge in [-0.2, -0.15) is 4.31 Å². The van der Waals surface area contributed by atoms with Crippen molar-refractivity contribution in [2.75, 3.05) is 13.1 Å². The van der Waals surface area contributed by atoms with E-state index in [1.54, 1.807) is 0 Å². The monoisotopic (exact) mass is 362 g/mol. The second kappa shape index (κ2) is 5.42. The van der Waals surface area contributed by atoms with E-state index in [9.17, 15) is 18.5 Å². The Morgan fingerprint density at radius 2 is 1.85 bits per heavy atom. The first kappa shape index (κ1) is 15.4. The minimum Gasteiger partial charge on any atom is -0.258 e. The lowest BCUT2D eigenvalue weighted by atomic mass is 10.0. The molecule has 0 radical (unpaired) electrons. The summed E-state index contributed by atoms with van der Waals surface area (Å²) in [5.41, 5.74) is -0.389. The van der Waals surface area contributed by atoms with Crippen molar-refractivity contribution in [2.45, 2.75) is 18.7 Å². The molecule has 1 fully saturated rings. The van der Waals surface area contributed by atoms with E-state index in [2.05, 4.69) is 15.9 Å². The smallest absolute Gasteiger partial charge is 0.258 e. The van der Waals surface area contributed by atoms with Crippen LogP contribution in [-0.4, -0.2) is 30.7 Å². The molecular formula is C12H15BrN2O4S. The van der Waals surface area contributed by atoms with Gasteiger partial charge in [-0.15, -0.1) is 0 Å². The van der Waals surface area contributed by atoms with Gasteiger partial charge in [0.05, 0.1) is 4.92 Å². The Hall–Kier alpha value is -0.990. The molecule has 0 aliphatic carbocycles. The summed E-state index contributed by atoms with van der Waals surface area (Å²) in [6, 6.07) is 3.97. The number of nitro groups is 1. The Morgan fingerprint density at radius 3 is 2.35 bits per heavy atom. The minimum absolute atomic E-state index is 0.246. The molecular weight excluding hydrogens is 348 g/mol. The molecule has 0 N–H and O–H groups in total. The highest BCUT2D eigenvalue weighted by Crippen LogP contribution is 2.33. The highest BCUT2D eigenvalue weighted by molar-refractivity contribution is 9.10. The van der Waals surface area contributed by atoms with Crippen molar-refractivity contribution in [2.24, 2.45) is 11.8 Å². The summed E-state index contributed by atoms with van der Waals surface area (Å²) in [5, 5.41) is 11.0. The standard InChI is InChI=1S/C12H15BrN2O4S/c1-8-6-14(7-9(8)2)20(18,19)12-5-10(13)3-4-11(12)15(16)17/h3-5,8-9H,6-7H2,1-2H3. The SMILES string of the molecule is CC1CN(S(=O)(=O)c2cc(Br)ccc2[N+](=O)[O-])CC1C. The number of sulfonamides is 1. The number of nitro benzene ring substituents is 1. The van der Waals surface area contributed by atoms with Crippen LogP contribution in [0, 0.1) is 22.0 Å². The van der Waals surface area contributed by atoms with Crippen LogP contribution >= 0.6 is 15.9 Å². The van der Waals surface area contributed by atoms with E-state index < -0.39 is 14.9 Å². The van der Waals surface area contributed by atoms with Gasteiger partial charge in [-0.3, -0.25) is 10.1 Å². The predicted molar refractivity (Wildman–Crippen MR) is 77.9 cm³/mol. The van der Waals surface area contributed by atoms with Gasteiger partial charge in [0, 0.05) is 23.6 Å². The summed E-state index contributed by atoms with van der Waals surface area (Å²) in [4.78, 5) is 10.1. The number of hydrogen-bond acceptors (Lipinski definition) is 4. The molecule has 0 saturated carbocycles. The molecule has 2 rings (SSSR count). The fraction of sp³-hybridized carbons (Fsp3) is 0.500. The normalized spacial score (nSPS) is 23.9. The predicted octanol–water partition coefficient (Wildman–Crippen LogP) is 2.63. The maximum absolute atomic E-state index is 12.6. The molecule has 2 unspecified atom stereocenters. The zero-order valence-electron chi connectivity index (χ0n) is 11.1. The number of nitrogens with zero attached hydrogens (tertiary/aromatic N) is 2. The van der Waals surface area contributed by atoms with Crippen LogP contribution in [-0.2, 0) is 10.0 Å². The summed E-state index contributed by atoms with van der Waals surface area (Å²) in [7, 11) is -3.84. The second-order valence-corrected chi connectivity index (χ2v) is 7.97. The van der Waals surface area contributed by atoms with Crippen LogP contribution in [0.4, 0.5) is 5.69 Å². The lowest BCUT2D eigenvalue weighted by Crippen LogP contribution is -2.29. The third-order valence-electron chi connectivity index (χ3n) is 3.69. The van der Waals surface area contributed by atoms with Crippen LogP contribution in [0.3, 0.4) is 0 Å². The fourth-order valence-corrected chi connectivity index (χ4v) is 4.59. The van der Waals surface area contributed by atoms with Gasteiger partial charge in [-0.05, 0) is 24.0 Å². The van der Waals surface area contributed by atoms with Gasteiger partial charge in [0.2, 0.25) is 10.0 Å². The molecule has 1 aliphatic heterocycles. The molecule has 0 aromatic heterocycles. The largest absolute Gasteiger partial charge is 0.289 e. The molecule has 1 heterocycles. The zero-order chi connectivity index (χ0) is 15.1. The van der Waals surface area contributed by atoms with Crippen LogP contribution in [0.25, 0.3) is 0 Å². The molecule has 110 valence electrons. The van der Waals surface area contributed by atoms with Crippen LogP contribution in [0.15, 0.2) is 27.6 Å². The molecule has 0 bridgehead atoms. The summed E-state index contributed by atoms with van der Waals surface area (Å²) in [6.07, 6.45) is 0. The van der Waals surface area contributed by atoms with Gasteiger partial charge >= 0.3 is 0 Å². The van der Waals surface area contributed by atoms with E-state index in [1.165, 1.54) is 22.5 Å². The maximum atomic E-state index is 12.6. The molecule has 1 aromatic rings. The zero-order valence-corrected chi connectivity index (χ0v) is 13.5. The van der Waals surface area contributed by atoms with Crippen molar-refractivity contribution in [1.82, 2.24) is 4.31 Å². The van der Waals surface area contributed by atoms with Crippen molar-refractivity contribution in [3.8, 4) is 0 Å². The van der Waals surface area contributed by atoms with E-state index >= 15 is 0 Å². The summed E-state index contributed by atoms with van der Waals surface area (Å²) >= 11 is 3.16. The van der Waals surface area contributed by atoms with Gasteiger partial charge in [0.25, 0.3) is 5.69 Å². The number of hydrogen-bond donors (Lipinski definition) is 0. The first-order valence-corrected chi connectivity index (χ1v) is 8.41. The van der Waals surface area contributed by atoms with E-state index in [1.807, 2.05) is 13.8 Å².